The van der Waals surface area contributed by atoms with Crippen molar-refractivity contribution in [2.24, 2.45) is 0 Å². The molecule has 130 valence electrons. The molecule has 2 N–H and O–H groups in total. The van der Waals surface area contributed by atoms with Gasteiger partial charge in [0.05, 0.1) is 9.13 Å². The minimum Gasteiger partial charge on any atom is -0.507 e. The molecule has 0 spiro atoms. The Kier molecular flexibility index (Phi) is 5.47. The molecule has 13 heteroatoms. The molecule has 0 saturated carbocycles. The summed E-state index contributed by atoms with van der Waals surface area (Å²) in [6, 6.07) is 2.59. The second kappa shape index (κ2) is 6.35. The van der Waals surface area contributed by atoms with Gasteiger partial charge in [0.15, 0.2) is 0 Å². The first kappa shape index (κ1) is 19.8. The van der Waals surface area contributed by atoms with E-state index in [0.717, 1.165) is 12.1 Å². The average molecular weight is 476 g/mol. The predicted octanol–water partition coefficient (Wildman–Crippen LogP) is 2.57. The van der Waals surface area contributed by atoms with Crippen molar-refractivity contribution < 1.29 is 49.6 Å². The van der Waals surface area contributed by atoms with E-state index in [9.17, 15) is 40.3 Å². The Morgan fingerprint density at radius 2 is 1.74 bits per heavy atom. The van der Waals surface area contributed by atoms with E-state index in [2.05, 4.69) is 4.74 Å². The monoisotopic (exact) mass is 476 g/mol. The van der Waals surface area contributed by atoms with Crippen molar-refractivity contribution in [3.63, 3.8) is 0 Å². The van der Waals surface area contributed by atoms with Crippen LogP contribution in [0.1, 0.15) is 10.4 Å². The number of aromatic hydroxyl groups is 1. The first-order valence-corrected chi connectivity index (χ1v) is 7.81. The van der Waals surface area contributed by atoms with Gasteiger partial charge in [-0.25, -0.2) is 4.79 Å². The van der Waals surface area contributed by atoms with Crippen LogP contribution >= 0.6 is 22.6 Å². The smallest absolute Gasteiger partial charge is 0.432 e. The van der Waals surface area contributed by atoms with Gasteiger partial charge in [-0.2, -0.15) is 30.4 Å². The Morgan fingerprint density at radius 3 is 2.13 bits per heavy atom. The molecule has 0 saturated heterocycles. The molecule has 1 aromatic rings. The van der Waals surface area contributed by atoms with E-state index in [1.807, 2.05) is 0 Å². The van der Waals surface area contributed by atoms with Gasteiger partial charge in [0.1, 0.15) is 5.75 Å². The fourth-order valence-corrected chi connectivity index (χ4v) is 2.06. The van der Waals surface area contributed by atoms with Gasteiger partial charge in [0.25, 0.3) is 6.10 Å². The quantitative estimate of drug-likeness (QED) is 0.300. The molecule has 0 radical (unpaired) electrons. The van der Waals surface area contributed by atoms with Crippen molar-refractivity contribution >= 4 is 38.7 Å². The summed E-state index contributed by atoms with van der Waals surface area (Å²) in [7, 11) is -6.51. The number of alkyl halides is 5. The maximum atomic E-state index is 13.2. The third kappa shape index (κ3) is 4.41. The second-order valence-electron chi connectivity index (χ2n) is 4.03. The minimum atomic E-state index is -6.51. The van der Waals surface area contributed by atoms with Gasteiger partial charge in [0, 0.05) is 0 Å². The van der Waals surface area contributed by atoms with Gasteiger partial charge in [-0.15, -0.1) is 0 Å². The second-order valence-corrected chi connectivity index (χ2v) is 6.69. The summed E-state index contributed by atoms with van der Waals surface area (Å²) < 4.78 is 97.0. The normalized spacial score (nSPS) is 14.4. The first-order valence-electron chi connectivity index (χ1n) is 5.29. The summed E-state index contributed by atoms with van der Waals surface area (Å²) in [6.45, 7) is 0. The van der Waals surface area contributed by atoms with Crippen LogP contribution in [-0.2, 0) is 14.9 Å². The van der Waals surface area contributed by atoms with E-state index >= 15 is 0 Å². The summed E-state index contributed by atoms with van der Waals surface area (Å²) in [5.41, 5.74) is -0.733. The number of carbonyl (C=O) groups is 1. The molecule has 0 aromatic heterocycles. The third-order valence-corrected chi connectivity index (χ3v) is 4.17. The van der Waals surface area contributed by atoms with Crippen LogP contribution in [0, 0.1) is 3.57 Å². The van der Waals surface area contributed by atoms with Gasteiger partial charge in [-0.1, -0.05) is 0 Å². The number of hydrogen-bond acceptors (Lipinski definition) is 5. The molecular weight excluding hydrogens is 470 g/mol. The maximum absolute atomic E-state index is 13.2. The zero-order chi connectivity index (χ0) is 18.2. The summed E-state index contributed by atoms with van der Waals surface area (Å²) >= 11 is 1.61. The fraction of sp³-hybridized carbons (Fsp3) is 0.300. The molecule has 1 unspecified atom stereocenters. The highest BCUT2D eigenvalue weighted by atomic mass is 127. The van der Waals surface area contributed by atoms with E-state index in [4.69, 9.17) is 4.55 Å². The molecule has 6 nitrogen and oxygen atoms in total. The number of hydrogen-bond donors (Lipinski definition) is 2. The van der Waals surface area contributed by atoms with Crippen LogP contribution in [0.15, 0.2) is 18.2 Å². The third-order valence-electron chi connectivity index (χ3n) is 2.35. The van der Waals surface area contributed by atoms with Crippen molar-refractivity contribution in [3.8, 4) is 5.75 Å². The molecule has 1 atom stereocenters. The van der Waals surface area contributed by atoms with Crippen LogP contribution in [0.4, 0.5) is 22.0 Å². The van der Waals surface area contributed by atoms with Gasteiger partial charge in [0.2, 0.25) is 0 Å². The van der Waals surface area contributed by atoms with Crippen molar-refractivity contribution in [2.75, 3.05) is 0 Å². The number of ether oxygens (including phenoxy) is 1. The van der Waals surface area contributed by atoms with Gasteiger partial charge in [-0.05, 0) is 40.8 Å². The van der Waals surface area contributed by atoms with Crippen molar-refractivity contribution in [3.05, 3.63) is 27.3 Å². The highest BCUT2D eigenvalue weighted by molar-refractivity contribution is 14.1. The Hall–Kier alpha value is -1.22. The van der Waals surface area contributed by atoms with E-state index in [0.29, 0.717) is 6.07 Å². The Morgan fingerprint density at radius 1 is 1.22 bits per heavy atom. The molecular formula is C10H6F5IO6S. The SMILES string of the molecule is O=C(OC(C(F)(F)F)C(F)(F)S(=O)(=O)O)c1ccc(I)c(O)c1. The molecule has 0 aliphatic rings. The number of rotatable bonds is 4. The number of benzene rings is 1. The van der Waals surface area contributed by atoms with E-state index in [1.54, 1.807) is 22.6 Å². The Bertz CT molecular complexity index is 717. The molecule has 1 rings (SSSR count). The number of carbonyl (C=O) groups excluding carboxylic acids is 1. The first-order chi connectivity index (χ1) is 10.2. The van der Waals surface area contributed by atoms with Crippen LogP contribution in [0.3, 0.4) is 0 Å². The highest BCUT2D eigenvalue weighted by Gasteiger charge is 2.66. The standard InChI is InChI=1S/C10H6F5IO6S/c11-9(12,13)8(10(14,15)23(19,20)21)22-7(18)4-1-2-5(16)6(17)3-4/h1-3,8,17H,(H,19,20,21). The largest absolute Gasteiger partial charge is 0.507 e. The van der Waals surface area contributed by atoms with Crippen LogP contribution in [-0.4, -0.2) is 41.6 Å². The topological polar surface area (TPSA) is 101 Å². The van der Waals surface area contributed by atoms with Gasteiger partial charge >= 0.3 is 27.5 Å². The molecule has 0 bridgehead atoms. The lowest BCUT2D eigenvalue weighted by molar-refractivity contribution is -0.248. The summed E-state index contributed by atoms with van der Waals surface area (Å²) in [5, 5.41) is 3.50. The zero-order valence-electron chi connectivity index (χ0n) is 10.5. The molecule has 23 heavy (non-hydrogen) atoms. The number of esters is 1. The number of halogens is 6. The average Bonchev–Trinajstić information content (AvgIpc) is 2.35. The van der Waals surface area contributed by atoms with Crippen molar-refractivity contribution in [2.45, 2.75) is 17.5 Å². The molecule has 0 fully saturated rings. The minimum absolute atomic E-state index is 0.204. The molecule has 0 aliphatic heterocycles. The molecule has 1 aromatic carbocycles. The fourth-order valence-electron chi connectivity index (χ4n) is 1.28. The van der Waals surface area contributed by atoms with Crippen LogP contribution in [0.2, 0.25) is 0 Å². The summed E-state index contributed by atoms with van der Waals surface area (Å²) in [4.78, 5) is 11.5. The molecule has 0 heterocycles. The lowest BCUT2D eigenvalue weighted by atomic mass is 10.2. The Labute approximate surface area is 139 Å². The van der Waals surface area contributed by atoms with Crippen LogP contribution < -0.4 is 0 Å². The highest BCUT2D eigenvalue weighted by Crippen LogP contribution is 2.38. The Balaban J connectivity index is 3.22. The van der Waals surface area contributed by atoms with Crippen LogP contribution in [0.5, 0.6) is 5.75 Å². The maximum Gasteiger partial charge on any atom is 0.432 e. The predicted molar refractivity (Wildman–Crippen MR) is 72.6 cm³/mol. The number of phenolic OH excluding ortho intramolecular Hbond substituents is 1. The van der Waals surface area contributed by atoms with Crippen LogP contribution in [0.25, 0.3) is 0 Å². The van der Waals surface area contributed by atoms with E-state index in [1.165, 1.54) is 0 Å². The van der Waals surface area contributed by atoms with E-state index < -0.39 is 44.9 Å². The van der Waals surface area contributed by atoms with Gasteiger partial charge in [-0.3, -0.25) is 4.55 Å². The summed E-state index contributed by atoms with van der Waals surface area (Å²) in [6.07, 6.45) is -10.4. The number of phenols is 1. The van der Waals surface area contributed by atoms with Gasteiger partial charge < -0.3 is 9.84 Å². The van der Waals surface area contributed by atoms with E-state index in [-0.39, 0.29) is 3.57 Å². The lowest BCUT2D eigenvalue weighted by Gasteiger charge is -2.26. The van der Waals surface area contributed by atoms with Crippen molar-refractivity contribution in [1.29, 1.82) is 0 Å². The molecule has 0 amide bonds. The lowest BCUT2D eigenvalue weighted by Crippen LogP contribution is -2.52. The molecule has 0 aliphatic carbocycles. The summed E-state index contributed by atoms with van der Waals surface area (Å²) in [5.74, 6) is -2.51. The zero-order valence-corrected chi connectivity index (χ0v) is 13.5. The van der Waals surface area contributed by atoms with Crippen molar-refractivity contribution in [1.82, 2.24) is 0 Å².